The average molecular weight is 394 g/mol. The van der Waals surface area contributed by atoms with E-state index in [1.807, 2.05) is 18.2 Å². The number of aromatic nitrogens is 2. The van der Waals surface area contributed by atoms with E-state index in [9.17, 15) is 9.59 Å². The first-order valence-corrected chi connectivity index (χ1v) is 8.89. The second-order valence-corrected chi connectivity index (χ2v) is 6.50. The summed E-state index contributed by atoms with van der Waals surface area (Å²) >= 11 is 0. The molecule has 0 aliphatic heterocycles. The van der Waals surface area contributed by atoms with Crippen molar-refractivity contribution in [2.75, 3.05) is 26.5 Å². The van der Waals surface area contributed by atoms with Gasteiger partial charge in [0, 0.05) is 25.9 Å². The van der Waals surface area contributed by atoms with E-state index in [2.05, 4.69) is 15.5 Å². The van der Waals surface area contributed by atoms with Gasteiger partial charge in [-0.05, 0) is 35.4 Å². The van der Waals surface area contributed by atoms with Gasteiger partial charge >= 0.3 is 6.09 Å². The Balaban J connectivity index is 1.76. The monoisotopic (exact) mass is 394 g/mol. The number of rotatable bonds is 6. The van der Waals surface area contributed by atoms with Crippen LogP contribution in [0.5, 0.6) is 5.75 Å². The number of amides is 2. The molecule has 0 saturated carbocycles. The molecule has 2 N–H and O–H groups in total. The molecule has 1 aromatic heterocycles. The normalized spacial score (nSPS) is 10.3. The van der Waals surface area contributed by atoms with Crippen LogP contribution in [-0.2, 0) is 11.3 Å². The molecule has 0 radical (unpaired) electrons. The second kappa shape index (κ2) is 8.92. The summed E-state index contributed by atoms with van der Waals surface area (Å²) in [6, 6.07) is 12.4. The van der Waals surface area contributed by atoms with Crippen LogP contribution in [0.3, 0.4) is 0 Å². The van der Waals surface area contributed by atoms with Crippen molar-refractivity contribution >= 4 is 17.7 Å². The third kappa shape index (κ3) is 4.92. The number of anilines is 1. The van der Waals surface area contributed by atoms with E-state index in [4.69, 9.17) is 9.47 Å². The summed E-state index contributed by atoms with van der Waals surface area (Å²) in [6.45, 7) is 0.0765. The van der Waals surface area contributed by atoms with Crippen LogP contribution < -0.4 is 10.1 Å². The smallest absolute Gasteiger partial charge is 0.411 e. The predicted molar refractivity (Wildman–Crippen MR) is 109 cm³/mol. The molecule has 150 valence electrons. The highest BCUT2D eigenvalue weighted by Crippen LogP contribution is 2.26. The molecule has 0 fully saturated rings. The molecule has 0 bridgehead atoms. The van der Waals surface area contributed by atoms with Crippen LogP contribution in [0.25, 0.3) is 11.1 Å². The van der Waals surface area contributed by atoms with Gasteiger partial charge in [0.15, 0.2) is 0 Å². The van der Waals surface area contributed by atoms with Crippen LogP contribution in [0.1, 0.15) is 15.9 Å². The first-order valence-electron chi connectivity index (χ1n) is 8.89. The highest BCUT2D eigenvalue weighted by Gasteiger charge is 2.17. The standard InChI is InChI=1S/C21H22N4O4/c1-25(2)20(26)18-10-15(16-11-22-23-12-16)7-8-19(18)24-21(27)29-13-14-5-4-6-17(9-14)28-3/h4-12H,13H2,1-3H3,(H,22,23)(H,24,27). The number of H-pyrrole nitrogens is 1. The fourth-order valence-electron chi connectivity index (χ4n) is 2.72. The minimum Gasteiger partial charge on any atom is -0.497 e. The molecule has 0 aliphatic carbocycles. The van der Waals surface area contributed by atoms with E-state index >= 15 is 0 Å². The molecular weight excluding hydrogens is 372 g/mol. The third-order valence-electron chi connectivity index (χ3n) is 4.23. The first-order chi connectivity index (χ1) is 14.0. The van der Waals surface area contributed by atoms with E-state index in [0.29, 0.717) is 17.0 Å². The zero-order valence-electron chi connectivity index (χ0n) is 16.4. The van der Waals surface area contributed by atoms with Gasteiger partial charge in [-0.2, -0.15) is 5.10 Å². The molecule has 2 amide bonds. The average Bonchev–Trinajstić information content (AvgIpc) is 3.27. The number of aromatic amines is 1. The van der Waals surface area contributed by atoms with Crippen LogP contribution >= 0.6 is 0 Å². The van der Waals surface area contributed by atoms with Crippen molar-refractivity contribution in [2.45, 2.75) is 6.61 Å². The predicted octanol–water partition coefficient (Wildman–Crippen LogP) is 3.54. The van der Waals surface area contributed by atoms with Crippen LogP contribution in [-0.4, -0.2) is 48.3 Å². The Kier molecular flexibility index (Phi) is 6.13. The Labute approximate surface area is 168 Å². The quantitative estimate of drug-likeness (QED) is 0.667. The van der Waals surface area contributed by atoms with Crippen molar-refractivity contribution in [1.82, 2.24) is 15.1 Å². The maximum absolute atomic E-state index is 12.6. The van der Waals surface area contributed by atoms with E-state index in [1.54, 1.807) is 57.9 Å². The van der Waals surface area contributed by atoms with Gasteiger partial charge in [-0.1, -0.05) is 18.2 Å². The lowest BCUT2D eigenvalue weighted by Gasteiger charge is -2.16. The lowest BCUT2D eigenvalue weighted by Crippen LogP contribution is -2.24. The Bertz CT molecular complexity index is 1000. The molecule has 0 spiro atoms. The molecule has 2 aromatic carbocycles. The van der Waals surface area contributed by atoms with Crippen molar-refractivity contribution < 1.29 is 19.1 Å². The first kappa shape index (κ1) is 19.9. The molecule has 3 aromatic rings. The molecule has 0 atom stereocenters. The summed E-state index contributed by atoms with van der Waals surface area (Å²) in [7, 11) is 4.87. The minimum absolute atomic E-state index is 0.0765. The van der Waals surface area contributed by atoms with Crippen LogP contribution in [0, 0.1) is 0 Å². The van der Waals surface area contributed by atoms with Crippen molar-refractivity contribution in [3.63, 3.8) is 0 Å². The van der Waals surface area contributed by atoms with E-state index in [1.165, 1.54) is 4.90 Å². The number of hydrogen-bond donors (Lipinski definition) is 2. The molecule has 1 heterocycles. The molecule has 0 aliphatic rings. The number of nitrogens with zero attached hydrogens (tertiary/aromatic N) is 2. The molecular formula is C21H22N4O4. The van der Waals surface area contributed by atoms with Gasteiger partial charge in [-0.25, -0.2) is 4.79 Å². The van der Waals surface area contributed by atoms with Crippen molar-refractivity contribution in [3.05, 3.63) is 66.0 Å². The molecule has 0 unspecified atom stereocenters. The number of hydrogen-bond acceptors (Lipinski definition) is 5. The fraction of sp³-hybridized carbons (Fsp3) is 0.190. The Morgan fingerprint density at radius 3 is 2.66 bits per heavy atom. The highest BCUT2D eigenvalue weighted by atomic mass is 16.5. The SMILES string of the molecule is COc1cccc(COC(=O)Nc2ccc(-c3cn[nH]c3)cc2C(=O)N(C)C)c1. The molecule has 0 saturated heterocycles. The maximum Gasteiger partial charge on any atom is 0.411 e. The third-order valence-corrected chi connectivity index (χ3v) is 4.23. The lowest BCUT2D eigenvalue weighted by atomic mass is 10.0. The van der Waals surface area contributed by atoms with Crippen molar-refractivity contribution in [3.8, 4) is 16.9 Å². The topological polar surface area (TPSA) is 96.5 Å². The number of methoxy groups -OCH3 is 1. The molecule has 8 heteroatoms. The minimum atomic E-state index is -0.656. The number of carbonyl (C=O) groups is 2. The Morgan fingerprint density at radius 1 is 1.14 bits per heavy atom. The number of ether oxygens (including phenoxy) is 2. The van der Waals surface area contributed by atoms with Crippen LogP contribution in [0.15, 0.2) is 54.9 Å². The summed E-state index contributed by atoms with van der Waals surface area (Å²) in [5, 5.41) is 9.32. The lowest BCUT2D eigenvalue weighted by molar-refractivity contribution is 0.0828. The van der Waals surface area contributed by atoms with Gasteiger partial charge in [0.2, 0.25) is 0 Å². The van der Waals surface area contributed by atoms with Gasteiger partial charge in [0.1, 0.15) is 12.4 Å². The number of benzene rings is 2. The van der Waals surface area contributed by atoms with E-state index in [0.717, 1.165) is 16.7 Å². The largest absolute Gasteiger partial charge is 0.497 e. The molecule has 8 nitrogen and oxygen atoms in total. The van der Waals surface area contributed by atoms with Gasteiger partial charge in [0.25, 0.3) is 5.91 Å². The van der Waals surface area contributed by atoms with E-state index in [-0.39, 0.29) is 12.5 Å². The summed E-state index contributed by atoms with van der Waals surface area (Å²) in [5.41, 5.74) is 3.15. The molecule has 29 heavy (non-hydrogen) atoms. The maximum atomic E-state index is 12.6. The van der Waals surface area contributed by atoms with Crippen LogP contribution in [0.2, 0.25) is 0 Å². The van der Waals surface area contributed by atoms with Crippen molar-refractivity contribution in [1.29, 1.82) is 0 Å². The van der Waals surface area contributed by atoms with Gasteiger partial charge in [0.05, 0.1) is 24.6 Å². The summed E-state index contributed by atoms with van der Waals surface area (Å²) in [4.78, 5) is 26.4. The summed E-state index contributed by atoms with van der Waals surface area (Å²) in [5.74, 6) is 0.443. The van der Waals surface area contributed by atoms with Crippen LogP contribution in [0.4, 0.5) is 10.5 Å². The molecule has 3 rings (SSSR count). The van der Waals surface area contributed by atoms with Gasteiger partial charge in [-0.15, -0.1) is 0 Å². The summed E-state index contributed by atoms with van der Waals surface area (Å²) < 4.78 is 10.4. The second-order valence-electron chi connectivity index (χ2n) is 6.50. The number of carbonyl (C=O) groups excluding carboxylic acids is 2. The van der Waals surface area contributed by atoms with Gasteiger partial charge in [-0.3, -0.25) is 15.2 Å². The summed E-state index contributed by atoms with van der Waals surface area (Å²) in [6.07, 6.45) is 2.74. The highest BCUT2D eigenvalue weighted by molar-refractivity contribution is 6.03. The zero-order valence-corrected chi connectivity index (χ0v) is 16.4. The van der Waals surface area contributed by atoms with E-state index < -0.39 is 6.09 Å². The fourth-order valence-corrected chi connectivity index (χ4v) is 2.72. The zero-order chi connectivity index (χ0) is 20.8. The number of nitrogens with one attached hydrogen (secondary N) is 2. The Hall–Kier alpha value is -3.81. The Morgan fingerprint density at radius 2 is 1.97 bits per heavy atom. The van der Waals surface area contributed by atoms with Gasteiger partial charge < -0.3 is 14.4 Å². The van der Waals surface area contributed by atoms with Crippen molar-refractivity contribution in [2.24, 2.45) is 0 Å².